The van der Waals surface area contributed by atoms with E-state index in [4.69, 9.17) is 0 Å². The number of Topliss-reactive ketones (excluding diaryl/α,β-unsaturated/α-hetero) is 1. The molecule has 0 aliphatic rings. The fourth-order valence-electron chi connectivity index (χ4n) is 1.64. The van der Waals surface area contributed by atoms with Crippen LogP contribution in [0.1, 0.15) is 37.0 Å². The lowest BCUT2D eigenvalue weighted by atomic mass is 10.2. The molecule has 1 aromatic rings. The number of hydrogen-bond donors (Lipinski definition) is 0. The smallest absolute Gasteiger partial charge is 0.161 e. The van der Waals surface area contributed by atoms with E-state index < -0.39 is 0 Å². The largest absolute Gasteiger partial charge is 0.356 e. The average molecular weight is 232 g/mol. The molecule has 0 radical (unpaired) electrons. The van der Waals surface area contributed by atoms with Gasteiger partial charge in [0.25, 0.3) is 0 Å². The molecule has 0 atom stereocenters. The van der Waals surface area contributed by atoms with Gasteiger partial charge < -0.3 is 4.90 Å². The van der Waals surface area contributed by atoms with E-state index in [2.05, 4.69) is 23.4 Å². The van der Waals surface area contributed by atoms with E-state index in [0.29, 0.717) is 5.56 Å². The molecule has 0 aliphatic heterocycles. The number of ketones is 1. The standard InChI is InChI=1S/C14H20N2O/c1-4-6-10-16(9-5-2)14-8-7-13(11-15-14)12(3)17/h4,7-8,11H,1,5-6,9-10H2,2-3H3. The Morgan fingerprint density at radius 2 is 2.24 bits per heavy atom. The summed E-state index contributed by atoms with van der Waals surface area (Å²) in [6.07, 6.45) is 5.57. The van der Waals surface area contributed by atoms with Gasteiger partial charge in [0.2, 0.25) is 0 Å². The Kier molecular flexibility index (Phi) is 5.40. The van der Waals surface area contributed by atoms with Crippen molar-refractivity contribution in [1.82, 2.24) is 4.98 Å². The molecule has 0 saturated heterocycles. The first-order chi connectivity index (χ1) is 8.19. The molecule has 1 rings (SSSR count). The monoisotopic (exact) mass is 232 g/mol. The van der Waals surface area contributed by atoms with E-state index in [1.165, 1.54) is 0 Å². The molecule has 0 aromatic carbocycles. The zero-order valence-corrected chi connectivity index (χ0v) is 10.6. The van der Waals surface area contributed by atoms with Gasteiger partial charge in [-0.05, 0) is 31.9 Å². The van der Waals surface area contributed by atoms with Gasteiger partial charge in [-0.15, -0.1) is 6.58 Å². The highest BCUT2D eigenvalue weighted by Crippen LogP contribution is 2.12. The van der Waals surface area contributed by atoms with Gasteiger partial charge >= 0.3 is 0 Å². The normalized spacial score (nSPS) is 10.0. The van der Waals surface area contributed by atoms with Gasteiger partial charge in [0.1, 0.15) is 5.82 Å². The fraction of sp³-hybridized carbons (Fsp3) is 0.429. The van der Waals surface area contributed by atoms with E-state index >= 15 is 0 Å². The predicted octanol–water partition coefficient (Wildman–Crippen LogP) is 3.08. The van der Waals surface area contributed by atoms with E-state index in [0.717, 1.165) is 31.7 Å². The van der Waals surface area contributed by atoms with Gasteiger partial charge in [0.05, 0.1) is 0 Å². The van der Waals surface area contributed by atoms with Crippen molar-refractivity contribution in [3.05, 3.63) is 36.5 Å². The van der Waals surface area contributed by atoms with Crippen LogP contribution in [-0.2, 0) is 0 Å². The summed E-state index contributed by atoms with van der Waals surface area (Å²) in [5.74, 6) is 0.982. The van der Waals surface area contributed by atoms with E-state index in [1.54, 1.807) is 13.1 Å². The molecule has 0 bridgehead atoms. The van der Waals surface area contributed by atoms with Crippen molar-refractivity contribution in [2.24, 2.45) is 0 Å². The maximum Gasteiger partial charge on any atom is 0.161 e. The summed E-state index contributed by atoms with van der Waals surface area (Å²) in [7, 11) is 0. The Balaban J connectivity index is 2.78. The van der Waals surface area contributed by atoms with E-state index in [1.807, 2.05) is 18.2 Å². The number of rotatable bonds is 7. The Hall–Kier alpha value is -1.64. The molecule has 92 valence electrons. The lowest BCUT2D eigenvalue weighted by molar-refractivity contribution is 0.101. The summed E-state index contributed by atoms with van der Waals surface area (Å²) in [6, 6.07) is 3.75. The minimum atomic E-state index is 0.0529. The van der Waals surface area contributed by atoms with Gasteiger partial charge in [0.15, 0.2) is 5.78 Å². The molecule has 0 unspecified atom stereocenters. The molecule has 0 N–H and O–H groups in total. The number of anilines is 1. The van der Waals surface area contributed by atoms with Crippen molar-refractivity contribution in [3.63, 3.8) is 0 Å². The quantitative estimate of drug-likeness (QED) is 0.535. The molecular weight excluding hydrogens is 212 g/mol. The zero-order valence-electron chi connectivity index (χ0n) is 10.6. The number of carbonyl (C=O) groups is 1. The second-order valence-corrected chi connectivity index (χ2v) is 4.03. The van der Waals surface area contributed by atoms with Gasteiger partial charge in [-0.2, -0.15) is 0 Å². The second kappa shape index (κ2) is 6.84. The molecule has 0 fully saturated rings. The summed E-state index contributed by atoms with van der Waals surface area (Å²) in [4.78, 5) is 17.7. The van der Waals surface area contributed by atoms with Crippen molar-refractivity contribution in [2.75, 3.05) is 18.0 Å². The van der Waals surface area contributed by atoms with Gasteiger partial charge in [-0.25, -0.2) is 4.98 Å². The third kappa shape index (κ3) is 4.02. The third-order valence-electron chi connectivity index (χ3n) is 2.58. The van der Waals surface area contributed by atoms with Crippen LogP contribution < -0.4 is 4.90 Å². The molecule has 17 heavy (non-hydrogen) atoms. The first-order valence-electron chi connectivity index (χ1n) is 6.01. The molecular formula is C14H20N2O. The predicted molar refractivity (Wildman–Crippen MR) is 71.6 cm³/mol. The van der Waals surface area contributed by atoms with Crippen LogP contribution >= 0.6 is 0 Å². The first-order valence-corrected chi connectivity index (χ1v) is 6.01. The summed E-state index contributed by atoms with van der Waals surface area (Å²) >= 11 is 0. The Morgan fingerprint density at radius 3 is 2.71 bits per heavy atom. The van der Waals surface area contributed by atoms with Crippen molar-refractivity contribution in [2.45, 2.75) is 26.7 Å². The number of nitrogens with zero attached hydrogens (tertiary/aromatic N) is 2. The van der Waals surface area contributed by atoms with Crippen molar-refractivity contribution >= 4 is 11.6 Å². The molecule has 1 aromatic heterocycles. The van der Waals surface area contributed by atoms with Crippen LogP contribution in [0.15, 0.2) is 31.0 Å². The minimum Gasteiger partial charge on any atom is -0.356 e. The van der Waals surface area contributed by atoms with E-state index in [9.17, 15) is 4.79 Å². The van der Waals surface area contributed by atoms with Gasteiger partial charge in [0, 0.05) is 24.8 Å². The molecule has 3 heteroatoms. The highest BCUT2D eigenvalue weighted by Gasteiger charge is 2.07. The number of aromatic nitrogens is 1. The van der Waals surface area contributed by atoms with Crippen molar-refractivity contribution in [3.8, 4) is 0 Å². The Labute approximate surface area is 103 Å². The summed E-state index contributed by atoms with van der Waals surface area (Å²) in [5.41, 5.74) is 0.661. The van der Waals surface area contributed by atoms with E-state index in [-0.39, 0.29) is 5.78 Å². The third-order valence-corrected chi connectivity index (χ3v) is 2.58. The van der Waals surface area contributed by atoms with Crippen molar-refractivity contribution < 1.29 is 4.79 Å². The maximum absolute atomic E-state index is 11.2. The number of pyridine rings is 1. The Morgan fingerprint density at radius 1 is 1.47 bits per heavy atom. The summed E-state index contributed by atoms with van der Waals surface area (Å²) < 4.78 is 0. The lowest BCUT2D eigenvalue weighted by Gasteiger charge is -2.22. The SMILES string of the molecule is C=CCCN(CCC)c1ccc(C(C)=O)cn1. The molecule has 0 saturated carbocycles. The topological polar surface area (TPSA) is 33.2 Å². The van der Waals surface area contributed by atoms with Crippen LogP contribution in [0.2, 0.25) is 0 Å². The highest BCUT2D eigenvalue weighted by atomic mass is 16.1. The molecule has 0 spiro atoms. The summed E-state index contributed by atoms with van der Waals surface area (Å²) in [6.45, 7) is 9.32. The van der Waals surface area contributed by atoms with Crippen LogP contribution in [0, 0.1) is 0 Å². The van der Waals surface area contributed by atoms with Crippen molar-refractivity contribution in [1.29, 1.82) is 0 Å². The Bertz CT molecular complexity index is 370. The molecule has 3 nitrogen and oxygen atoms in total. The van der Waals surface area contributed by atoms with Crippen LogP contribution in [-0.4, -0.2) is 23.9 Å². The molecule has 0 amide bonds. The average Bonchev–Trinajstić information content (AvgIpc) is 2.34. The van der Waals surface area contributed by atoms with Crippen LogP contribution in [0.4, 0.5) is 5.82 Å². The summed E-state index contributed by atoms with van der Waals surface area (Å²) in [5, 5.41) is 0. The molecule has 0 aliphatic carbocycles. The van der Waals surface area contributed by atoms with Crippen LogP contribution in [0.5, 0.6) is 0 Å². The molecule has 1 heterocycles. The second-order valence-electron chi connectivity index (χ2n) is 4.03. The van der Waals surface area contributed by atoms with Gasteiger partial charge in [-0.3, -0.25) is 4.79 Å². The minimum absolute atomic E-state index is 0.0529. The maximum atomic E-state index is 11.2. The van der Waals surface area contributed by atoms with Gasteiger partial charge in [-0.1, -0.05) is 13.0 Å². The highest BCUT2D eigenvalue weighted by molar-refractivity contribution is 5.93. The van der Waals surface area contributed by atoms with Crippen LogP contribution in [0.25, 0.3) is 0 Å². The van der Waals surface area contributed by atoms with Crippen LogP contribution in [0.3, 0.4) is 0 Å². The number of hydrogen-bond acceptors (Lipinski definition) is 3. The lowest BCUT2D eigenvalue weighted by Crippen LogP contribution is -2.25. The fourth-order valence-corrected chi connectivity index (χ4v) is 1.64. The number of carbonyl (C=O) groups excluding carboxylic acids is 1. The first kappa shape index (κ1) is 13.4. The zero-order chi connectivity index (χ0) is 12.7.